The summed E-state index contributed by atoms with van der Waals surface area (Å²) in [7, 11) is 0. The van der Waals surface area contributed by atoms with Crippen LogP contribution in [0.4, 0.5) is 0 Å². The molecule has 0 radical (unpaired) electrons. The highest BCUT2D eigenvalue weighted by atomic mass is 16.5. The number of ether oxygens (including phenoxy) is 1. The number of allylic oxidation sites excluding steroid dienone is 4. The molecule has 28 heavy (non-hydrogen) atoms. The molecule has 0 saturated heterocycles. The maximum atomic E-state index is 11.6. The van der Waals surface area contributed by atoms with Crippen molar-refractivity contribution in [2.75, 3.05) is 6.61 Å². The Labute approximate surface area is 170 Å². The van der Waals surface area contributed by atoms with E-state index in [1.54, 1.807) is 5.57 Å². The highest BCUT2D eigenvalue weighted by molar-refractivity contribution is 5.68. The van der Waals surface area contributed by atoms with E-state index in [1.807, 2.05) is 6.92 Å². The van der Waals surface area contributed by atoms with Crippen molar-refractivity contribution in [3.05, 3.63) is 35.5 Å². The van der Waals surface area contributed by atoms with Gasteiger partial charge in [-0.3, -0.25) is 4.79 Å². The van der Waals surface area contributed by atoms with Crippen LogP contribution in [0.3, 0.4) is 0 Å². The van der Waals surface area contributed by atoms with Gasteiger partial charge in [-0.2, -0.15) is 0 Å². The number of carbonyl (C=O) groups excluding carboxylic acids is 1. The molecule has 3 aliphatic carbocycles. The van der Waals surface area contributed by atoms with Crippen molar-refractivity contribution in [3.8, 4) is 0 Å². The average Bonchev–Trinajstić information content (AvgIpc) is 3.04. The molecule has 0 aromatic carbocycles. The first-order chi connectivity index (χ1) is 13.3. The summed E-state index contributed by atoms with van der Waals surface area (Å²) in [5, 5.41) is 9.99. The first kappa shape index (κ1) is 21.4. The van der Waals surface area contributed by atoms with E-state index in [0.717, 1.165) is 19.3 Å². The van der Waals surface area contributed by atoms with Gasteiger partial charge < -0.3 is 9.84 Å². The Bertz CT molecular complexity index is 659. The van der Waals surface area contributed by atoms with Gasteiger partial charge in [-0.1, -0.05) is 50.6 Å². The summed E-state index contributed by atoms with van der Waals surface area (Å²) >= 11 is 0. The fourth-order valence-corrected chi connectivity index (χ4v) is 6.05. The Kier molecular flexibility index (Phi) is 6.85. The average molecular weight is 387 g/mol. The van der Waals surface area contributed by atoms with Gasteiger partial charge in [-0.25, -0.2) is 0 Å². The minimum atomic E-state index is -0.214. The highest BCUT2D eigenvalue weighted by Crippen LogP contribution is 2.59. The zero-order valence-electron chi connectivity index (χ0n) is 18.0. The second kappa shape index (κ2) is 8.98. The van der Waals surface area contributed by atoms with E-state index in [9.17, 15) is 9.90 Å². The van der Waals surface area contributed by atoms with Crippen molar-refractivity contribution < 1.29 is 14.6 Å². The number of fused-ring (bicyclic) bond motifs is 1. The first-order valence-electron chi connectivity index (χ1n) is 11.3. The van der Waals surface area contributed by atoms with E-state index in [0.29, 0.717) is 36.2 Å². The normalized spacial score (nSPS) is 37.1. The summed E-state index contributed by atoms with van der Waals surface area (Å²) in [5.74, 6) is 1.58. The lowest BCUT2D eigenvalue weighted by molar-refractivity contribution is -0.145. The molecular weight excluding hydrogens is 348 g/mol. The van der Waals surface area contributed by atoms with Crippen molar-refractivity contribution in [1.82, 2.24) is 0 Å². The monoisotopic (exact) mass is 386 g/mol. The molecule has 3 heteroatoms. The fourth-order valence-electron chi connectivity index (χ4n) is 6.05. The quantitative estimate of drug-likeness (QED) is 0.612. The molecule has 3 aliphatic rings. The van der Waals surface area contributed by atoms with Crippen molar-refractivity contribution in [2.45, 2.75) is 84.7 Å². The molecule has 5 atom stereocenters. The van der Waals surface area contributed by atoms with Crippen LogP contribution in [0.1, 0.15) is 78.6 Å². The van der Waals surface area contributed by atoms with Crippen LogP contribution >= 0.6 is 0 Å². The van der Waals surface area contributed by atoms with E-state index < -0.39 is 0 Å². The third-order valence-corrected chi connectivity index (χ3v) is 7.71. The molecule has 1 N–H and O–H groups in total. The molecule has 0 aromatic heterocycles. The van der Waals surface area contributed by atoms with Crippen LogP contribution in [0.5, 0.6) is 0 Å². The van der Waals surface area contributed by atoms with Crippen LogP contribution in [0, 0.1) is 23.2 Å². The second-order valence-corrected chi connectivity index (χ2v) is 9.54. The number of aliphatic hydroxyl groups excluding tert-OH is 1. The molecule has 0 aromatic rings. The van der Waals surface area contributed by atoms with E-state index in [1.165, 1.54) is 43.3 Å². The van der Waals surface area contributed by atoms with Crippen LogP contribution in [0.25, 0.3) is 0 Å². The number of carbonyl (C=O) groups is 1. The van der Waals surface area contributed by atoms with Crippen molar-refractivity contribution in [1.29, 1.82) is 0 Å². The molecule has 0 heterocycles. The van der Waals surface area contributed by atoms with Gasteiger partial charge in [-0.15, -0.1) is 0 Å². The van der Waals surface area contributed by atoms with E-state index in [4.69, 9.17) is 4.74 Å². The molecule has 0 bridgehead atoms. The van der Waals surface area contributed by atoms with Crippen LogP contribution in [-0.2, 0) is 9.53 Å². The molecule has 3 nitrogen and oxygen atoms in total. The Morgan fingerprint density at radius 3 is 2.86 bits per heavy atom. The van der Waals surface area contributed by atoms with Crippen LogP contribution in [-0.4, -0.2) is 23.8 Å². The highest BCUT2D eigenvalue weighted by Gasteiger charge is 2.50. The number of rotatable bonds is 5. The van der Waals surface area contributed by atoms with Gasteiger partial charge >= 0.3 is 5.97 Å². The van der Waals surface area contributed by atoms with Crippen molar-refractivity contribution in [2.24, 2.45) is 23.2 Å². The minimum Gasteiger partial charge on any atom is -0.465 e. The maximum Gasteiger partial charge on any atom is 0.305 e. The Morgan fingerprint density at radius 2 is 2.11 bits per heavy atom. The fraction of sp³-hybridized carbons (Fsp3) is 0.720. The lowest BCUT2D eigenvalue weighted by Gasteiger charge is -2.44. The van der Waals surface area contributed by atoms with Gasteiger partial charge in [0.1, 0.15) is 0 Å². The van der Waals surface area contributed by atoms with E-state index in [2.05, 4.69) is 32.6 Å². The number of hydrogen-bond acceptors (Lipinski definition) is 3. The summed E-state index contributed by atoms with van der Waals surface area (Å²) in [6.07, 6.45) is 13.5. The third kappa shape index (κ3) is 4.45. The molecule has 0 aliphatic heterocycles. The summed E-state index contributed by atoms with van der Waals surface area (Å²) in [6, 6.07) is 0. The van der Waals surface area contributed by atoms with Crippen LogP contribution in [0.15, 0.2) is 35.5 Å². The van der Waals surface area contributed by atoms with E-state index >= 15 is 0 Å². The first-order valence-corrected chi connectivity index (χ1v) is 11.3. The van der Waals surface area contributed by atoms with Gasteiger partial charge in [0.15, 0.2) is 0 Å². The Hall–Kier alpha value is -1.35. The second-order valence-electron chi connectivity index (χ2n) is 9.54. The topological polar surface area (TPSA) is 46.5 Å². The predicted octanol–water partition coefficient (Wildman–Crippen LogP) is 5.75. The predicted molar refractivity (Wildman–Crippen MR) is 114 cm³/mol. The summed E-state index contributed by atoms with van der Waals surface area (Å²) < 4.78 is 5.47. The number of hydrogen-bond donors (Lipinski definition) is 1. The van der Waals surface area contributed by atoms with Gasteiger partial charge in [0.2, 0.25) is 0 Å². The zero-order chi connectivity index (χ0) is 20.3. The standard InChI is InChI=1S/C25H38O3/c1-5-24(27)28-16-18(3)22-12-13-23-19(7-6-14-25(22,23)4)9-10-20-15-21(26)11-8-17(20)2/h9-10,18,21-23,26H,2,5-8,11-16H2,1,3-4H3/b19-9+,20-10-/t18-,21+,22-,23+,25-/m1/s1. The third-order valence-electron chi connectivity index (χ3n) is 7.71. The lowest BCUT2D eigenvalue weighted by atomic mass is 9.61. The van der Waals surface area contributed by atoms with Gasteiger partial charge in [0, 0.05) is 6.42 Å². The number of esters is 1. The van der Waals surface area contributed by atoms with Gasteiger partial charge in [0.25, 0.3) is 0 Å². The molecule has 156 valence electrons. The largest absolute Gasteiger partial charge is 0.465 e. The van der Waals surface area contributed by atoms with Crippen LogP contribution in [0.2, 0.25) is 0 Å². The molecular formula is C25H38O3. The Balaban J connectivity index is 1.72. The maximum absolute atomic E-state index is 11.6. The van der Waals surface area contributed by atoms with Crippen molar-refractivity contribution >= 4 is 5.97 Å². The smallest absolute Gasteiger partial charge is 0.305 e. The minimum absolute atomic E-state index is 0.0858. The summed E-state index contributed by atoms with van der Waals surface area (Å²) in [4.78, 5) is 11.6. The van der Waals surface area contributed by atoms with Crippen molar-refractivity contribution in [3.63, 3.8) is 0 Å². The van der Waals surface area contributed by atoms with E-state index in [-0.39, 0.29) is 12.1 Å². The molecule has 0 amide bonds. The SMILES string of the molecule is C=C1CC[C@H](O)C/C1=C/C=C1\CCC[C@]2(C)[C@@H]([C@H](C)COC(=O)CC)CC[C@@H]12. The lowest BCUT2D eigenvalue weighted by Crippen LogP contribution is -2.37. The molecule has 0 spiro atoms. The molecule has 3 rings (SSSR count). The summed E-state index contributed by atoms with van der Waals surface area (Å²) in [5.41, 5.74) is 4.31. The number of aliphatic hydroxyl groups is 1. The van der Waals surface area contributed by atoms with Crippen LogP contribution < -0.4 is 0 Å². The van der Waals surface area contributed by atoms with Gasteiger partial charge in [0.05, 0.1) is 12.7 Å². The molecule has 0 unspecified atom stereocenters. The summed E-state index contributed by atoms with van der Waals surface area (Å²) in [6.45, 7) is 11.3. The zero-order valence-corrected chi connectivity index (χ0v) is 18.0. The molecule has 3 fully saturated rings. The van der Waals surface area contributed by atoms with Gasteiger partial charge in [-0.05, 0) is 80.1 Å². The Morgan fingerprint density at radius 1 is 1.32 bits per heavy atom. The molecule has 3 saturated carbocycles.